The molecular weight excluding hydrogens is 324 g/mol. The van der Waals surface area contributed by atoms with E-state index in [0.29, 0.717) is 12.3 Å². The van der Waals surface area contributed by atoms with Crippen LogP contribution in [0.5, 0.6) is 5.75 Å². The molecule has 6 heteroatoms. The van der Waals surface area contributed by atoms with Crippen LogP contribution < -0.4 is 10.1 Å². The van der Waals surface area contributed by atoms with Gasteiger partial charge in [-0.1, -0.05) is 32.9 Å². The molecule has 1 unspecified atom stereocenters. The number of carbonyl (C=O) groups excluding carboxylic acids is 1. The number of aliphatic hydroxyl groups excluding tert-OH is 1. The van der Waals surface area contributed by atoms with Crippen LogP contribution in [0.3, 0.4) is 0 Å². The zero-order chi connectivity index (χ0) is 17.7. The Labute approximate surface area is 146 Å². The second-order valence-electron chi connectivity index (χ2n) is 6.68. The molecule has 0 spiro atoms. The van der Waals surface area contributed by atoms with Crippen LogP contribution in [0.1, 0.15) is 44.0 Å². The minimum atomic E-state index is -0.625. The number of benzene rings is 1. The third-order valence-electron chi connectivity index (χ3n) is 3.40. The van der Waals surface area contributed by atoms with Crippen molar-refractivity contribution in [2.24, 2.45) is 0 Å². The summed E-state index contributed by atoms with van der Waals surface area (Å²) in [5.74, 6) is 0.364. The summed E-state index contributed by atoms with van der Waals surface area (Å²) < 4.78 is 5.63. The maximum absolute atomic E-state index is 12.2. The van der Waals surface area contributed by atoms with Crippen LogP contribution in [0.2, 0.25) is 0 Å². The summed E-state index contributed by atoms with van der Waals surface area (Å²) in [6.07, 6.45) is -0.625. The highest BCUT2D eigenvalue weighted by atomic mass is 32.1. The van der Waals surface area contributed by atoms with Gasteiger partial charge in [-0.05, 0) is 24.6 Å². The third kappa shape index (κ3) is 5.04. The van der Waals surface area contributed by atoms with Gasteiger partial charge >= 0.3 is 0 Å². The highest BCUT2D eigenvalue weighted by molar-refractivity contribution is 7.09. The number of hydrogen-bond acceptors (Lipinski definition) is 5. The maximum atomic E-state index is 12.2. The molecule has 2 N–H and O–H groups in total. The van der Waals surface area contributed by atoms with Crippen LogP contribution >= 0.6 is 11.3 Å². The van der Waals surface area contributed by atoms with E-state index in [-0.39, 0.29) is 17.9 Å². The number of rotatable bonds is 6. The SMILES string of the molecule is CC(Oc1cccc(CO)c1)C(=O)NCc1csc(C(C)(C)C)n1. The zero-order valence-corrected chi connectivity index (χ0v) is 15.3. The van der Waals surface area contributed by atoms with Gasteiger partial charge < -0.3 is 15.2 Å². The van der Waals surface area contributed by atoms with E-state index < -0.39 is 6.10 Å². The van der Waals surface area contributed by atoms with Crippen LogP contribution in [0.4, 0.5) is 0 Å². The molecule has 1 aromatic carbocycles. The zero-order valence-electron chi connectivity index (χ0n) is 14.5. The Hall–Kier alpha value is -1.92. The van der Waals surface area contributed by atoms with E-state index in [9.17, 15) is 4.79 Å². The lowest BCUT2D eigenvalue weighted by molar-refractivity contribution is -0.127. The summed E-state index contributed by atoms with van der Waals surface area (Å²) in [6.45, 7) is 8.37. The first-order chi connectivity index (χ1) is 11.3. The Morgan fingerprint density at radius 1 is 1.42 bits per heavy atom. The molecule has 0 saturated carbocycles. The van der Waals surface area contributed by atoms with E-state index in [0.717, 1.165) is 16.3 Å². The maximum Gasteiger partial charge on any atom is 0.261 e. The lowest BCUT2D eigenvalue weighted by Gasteiger charge is -2.15. The Morgan fingerprint density at radius 3 is 2.79 bits per heavy atom. The van der Waals surface area contributed by atoms with Gasteiger partial charge in [-0.3, -0.25) is 4.79 Å². The fourth-order valence-corrected chi connectivity index (χ4v) is 2.94. The summed E-state index contributed by atoms with van der Waals surface area (Å²) in [4.78, 5) is 16.7. The molecule has 0 aliphatic rings. The number of nitrogens with zero attached hydrogens (tertiary/aromatic N) is 1. The Bertz CT molecular complexity index is 692. The van der Waals surface area contributed by atoms with Gasteiger partial charge in [0.1, 0.15) is 5.75 Å². The molecular formula is C18H24N2O3S. The minimum absolute atomic E-state index is 0.0149. The fourth-order valence-electron chi connectivity index (χ4n) is 2.03. The summed E-state index contributed by atoms with van der Waals surface area (Å²) in [5, 5.41) is 15.0. The van der Waals surface area contributed by atoms with Gasteiger partial charge in [-0.25, -0.2) is 4.98 Å². The number of ether oxygens (including phenoxy) is 1. The van der Waals surface area contributed by atoms with E-state index in [1.165, 1.54) is 0 Å². The highest BCUT2D eigenvalue weighted by Gasteiger charge is 2.19. The van der Waals surface area contributed by atoms with Gasteiger partial charge in [-0.15, -0.1) is 11.3 Å². The van der Waals surface area contributed by atoms with Crippen LogP contribution in [-0.2, 0) is 23.4 Å². The minimum Gasteiger partial charge on any atom is -0.481 e. The second-order valence-corrected chi connectivity index (χ2v) is 7.54. The topological polar surface area (TPSA) is 71.5 Å². The number of aromatic nitrogens is 1. The van der Waals surface area contributed by atoms with Crippen molar-refractivity contribution in [3.05, 3.63) is 45.9 Å². The largest absolute Gasteiger partial charge is 0.481 e. The highest BCUT2D eigenvalue weighted by Crippen LogP contribution is 2.25. The van der Waals surface area contributed by atoms with Crippen molar-refractivity contribution in [1.82, 2.24) is 10.3 Å². The number of carbonyl (C=O) groups is 1. The standard InChI is InChI=1S/C18H24N2O3S/c1-12(23-15-7-5-6-13(8-15)10-21)16(22)19-9-14-11-24-17(20-14)18(2,3)4/h5-8,11-12,21H,9-10H2,1-4H3,(H,19,22). The average molecular weight is 348 g/mol. The van der Waals surface area contributed by atoms with Gasteiger partial charge in [0, 0.05) is 10.8 Å². The Balaban J connectivity index is 1.88. The summed E-state index contributed by atoms with van der Waals surface area (Å²) >= 11 is 1.61. The predicted octanol–water partition coefficient (Wildman–Crippen LogP) is 3.02. The second kappa shape index (κ2) is 7.77. The number of thiazole rings is 1. The Morgan fingerprint density at radius 2 is 2.17 bits per heavy atom. The van der Waals surface area contributed by atoms with Crippen LogP contribution in [-0.4, -0.2) is 22.1 Å². The average Bonchev–Trinajstić information content (AvgIpc) is 3.02. The molecule has 0 saturated heterocycles. The summed E-state index contributed by atoms with van der Waals surface area (Å²) in [6, 6.07) is 7.07. The number of aliphatic hydroxyl groups is 1. The van der Waals surface area contributed by atoms with Crippen molar-refractivity contribution in [3.8, 4) is 5.75 Å². The first kappa shape index (κ1) is 18.4. The monoisotopic (exact) mass is 348 g/mol. The molecule has 1 aromatic heterocycles. The van der Waals surface area contributed by atoms with Crippen LogP contribution in [0.25, 0.3) is 0 Å². The molecule has 1 amide bonds. The molecule has 1 atom stereocenters. The first-order valence-electron chi connectivity index (χ1n) is 7.88. The molecule has 5 nitrogen and oxygen atoms in total. The van der Waals surface area contributed by atoms with Gasteiger partial charge in [0.05, 0.1) is 23.9 Å². The van der Waals surface area contributed by atoms with Crippen molar-refractivity contribution in [2.45, 2.75) is 52.4 Å². The van der Waals surface area contributed by atoms with Crippen molar-refractivity contribution in [3.63, 3.8) is 0 Å². The van der Waals surface area contributed by atoms with E-state index in [4.69, 9.17) is 9.84 Å². The molecule has 0 bridgehead atoms. The van der Waals surface area contributed by atoms with Crippen molar-refractivity contribution < 1.29 is 14.6 Å². The predicted molar refractivity (Wildman–Crippen MR) is 95.1 cm³/mol. The Kier molecular flexibility index (Phi) is 5.96. The smallest absolute Gasteiger partial charge is 0.261 e. The van der Waals surface area contributed by atoms with Crippen molar-refractivity contribution in [1.29, 1.82) is 0 Å². The summed E-state index contributed by atoms with van der Waals surface area (Å²) in [7, 11) is 0. The molecule has 24 heavy (non-hydrogen) atoms. The number of amides is 1. The lowest BCUT2D eigenvalue weighted by atomic mass is 9.98. The first-order valence-corrected chi connectivity index (χ1v) is 8.76. The fraction of sp³-hybridized carbons (Fsp3) is 0.444. The number of hydrogen-bond donors (Lipinski definition) is 2. The molecule has 0 fully saturated rings. The van der Waals surface area contributed by atoms with E-state index in [1.54, 1.807) is 42.5 Å². The molecule has 130 valence electrons. The van der Waals surface area contributed by atoms with E-state index in [2.05, 4.69) is 31.1 Å². The van der Waals surface area contributed by atoms with E-state index >= 15 is 0 Å². The normalized spacial score (nSPS) is 12.7. The van der Waals surface area contributed by atoms with Gasteiger partial charge in [-0.2, -0.15) is 0 Å². The van der Waals surface area contributed by atoms with Crippen LogP contribution in [0.15, 0.2) is 29.6 Å². The quantitative estimate of drug-likeness (QED) is 0.842. The number of nitrogens with one attached hydrogen (secondary N) is 1. The van der Waals surface area contributed by atoms with Gasteiger partial charge in [0.25, 0.3) is 5.91 Å². The van der Waals surface area contributed by atoms with Crippen molar-refractivity contribution in [2.75, 3.05) is 0 Å². The molecule has 0 aliphatic heterocycles. The van der Waals surface area contributed by atoms with E-state index in [1.807, 2.05) is 5.38 Å². The van der Waals surface area contributed by atoms with Gasteiger partial charge in [0.15, 0.2) is 6.10 Å². The third-order valence-corrected chi connectivity index (χ3v) is 4.72. The molecule has 0 aliphatic carbocycles. The molecule has 1 heterocycles. The molecule has 2 aromatic rings. The van der Waals surface area contributed by atoms with Gasteiger partial charge in [0.2, 0.25) is 0 Å². The molecule has 2 rings (SSSR count). The molecule has 0 radical (unpaired) electrons. The lowest BCUT2D eigenvalue weighted by Crippen LogP contribution is -2.36. The van der Waals surface area contributed by atoms with Crippen molar-refractivity contribution >= 4 is 17.2 Å². The summed E-state index contributed by atoms with van der Waals surface area (Å²) in [5.41, 5.74) is 1.62. The van der Waals surface area contributed by atoms with Crippen LogP contribution in [0, 0.1) is 0 Å².